The zero-order valence-electron chi connectivity index (χ0n) is 8.75. The first kappa shape index (κ1) is 10.9. The number of ketones is 1. The summed E-state index contributed by atoms with van der Waals surface area (Å²) in [5.41, 5.74) is 0.882. The number of sulfonamides is 1. The van der Waals surface area contributed by atoms with Gasteiger partial charge in [-0.2, -0.15) is 0 Å². The summed E-state index contributed by atoms with van der Waals surface area (Å²) >= 11 is 0. The van der Waals surface area contributed by atoms with E-state index in [0.717, 1.165) is 4.31 Å². The van der Waals surface area contributed by atoms with Gasteiger partial charge in [-0.3, -0.25) is 4.79 Å². The normalized spacial score (nSPS) is 18.8. The van der Waals surface area contributed by atoms with Crippen LogP contribution >= 0.6 is 0 Å². The molecule has 1 aliphatic heterocycles. The van der Waals surface area contributed by atoms with Gasteiger partial charge in [-0.1, -0.05) is 18.2 Å². The smallest absolute Gasteiger partial charge is 0.246 e. The van der Waals surface area contributed by atoms with E-state index in [1.165, 1.54) is 6.20 Å². The number of allylic oxidation sites excluding steroid dienone is 1. The topological polar surface area (TPSA) is 54.5 Å². The number of Topliss-reactive ketones (excluding diaryl/α,β-unsaturated/α-hetero) is 1. The summed E-state index contributed by atoms with van der Waals surface area (Å²) in [6.07, 6.45) is 3.09. The fourth-order valence-electron chi connectivity index (χ4n) is 1.67. The number of rotatable bonds is 1. The predicted octanol–water partition coefficient (Wildman–Crippen LogP) is 1.55. The van der Waals surface area contributed by atoms with Crippen molar-refractivity contribution in [2.24, 2.45) is 0 Å². The van der Waals surface area contributed by atoms with Gasteiger partial charge in [0.05, 0.1) is 5.69 Å². The molecule has 0 bridgehead atoms. The Balaban J connectivity index is 2.68. The molecule has 0 aliphatic carbocycles. The van der Waals surface area contributed by atoms with Gasteiger partial charge in [0.25, 0.3) is 0 Å². The molecule has 0 radical (unpaired) electrons. The Morgan fingerprint density at radius 1 is 1.31 bits per heavy atom. The van der Waals surface area contributed by atoms with Crippen molar-refractivity contribution >= 4 is 21.5 Å². The fourth-order valence-corrected chi connectivity index (χ4v) is 3.06. The van der Waals surface area contributed by atoms with Crippen molar-refractivity contribution in [3.8, 4) is 0 Å². The van der Waals surface area contributed by atoms with Crippen molar-refractivity contribution in [3.63, 3.8) is 0 Å². The molecule has 1 aromatic rings. The van der Waals surface area contributed by atoms with Gasteiger partial charge in [-0.05, 0) is 19.1 Å². The summed E-state index contributed by atoms with van der Waals surface area (Å²) in [6.45, 7) is 1.73. The lowest BCUT2D eigenvalue weighted by Gasteiger charge is -2.26. The first-order valence-electron chi connectivity index (χ1n) is 4.83. The highest BCUT2D eigenvalue weighted by atomic mass is 32.2. The molecule has 0 amide bonds. The second-order valence-corrected chi connectivity index (χ2v) is 5.32. The zero-order valence-corrected chi connectivity index (χ0v) is 9.57. The molecule has 0 N–H and O–H groups in total. The Morgan fingerprint density at radius 2 is 2.00 bits per heavy atom. The quantitative estimate of drug-likeness (QED) is 0.744. The van der Waals surface area contributed by atoms with E-state index < -0.39 is 15.8 Å². The van der Waals surface area contributed by atoms with Gasteiger partial charge >= 0.3 is 0 Å². The summed E-state index contributed by atoms with van der Waals surface area (Å²) in [5.74, 6) is -0.815. The van der Waals surface area contributed by atoms with Gasteiger partial charge < -0.3 is 0 Å². The third-order valence-electron chi connectivity index (χ3n) is 2.34. The van der Waals surface area contributed by atoms with Gasteiger partial charge in [0.15, 0.2) is 5.78 Å². The highest BCUT2D eigenvalue weighted by molar-refractivity contribution is 7.93. The van der Waals surface area contributed by atoms with Gasteiger partial charge in [-0.15, -0.1) is 0 Å². The van der Waals surface area contributed by atoms with Crippen LogP contribution in [0.2, 0.25) is 0 Å². The van der Waals surface area contributed by atoms with Crippen molar-refractivity contribution < 1.29 is 13.2 Å². The summed E-state index contributed by atoms with van der Waals surface area (Å²) in [5, 5.41) is 0. The van der Waals surface area contributed by atoms with Gasteiger partial charge in [0, 0.05) is 11.8 Å². The number of para-hydroxylation sites is 1. The van der Waals surface area contributed by atoms with E-state index >= 15 is 0 Å². The lowest BCUT2D eigenvalue weighted by Crippen LogP contribution is -2.37. The predicted molar refractivity (Wildman–Crippen MR) is 61.9 cm³/mol. The molecule has 1 aromatic carbocycles. The van der Waals surface area contributed by atoms with Crippen LogP contribution in [0.25, 0.3) is 0 Å². The molecule has 0 aromatic heterocycles. The summed E-state index contributed by atoms with van der Waals surface area (Å²) in [6, 6.07) is 6.71. The molecule has 16 heavy (non-hydrogen) atoms. The van der Waals surface area contributed by atoms with E-state index in [9.17, 15) is 13.2 Å². The first-order valence-corrected chi connectivity index (χ1v) is 6.44. The largest absolute Gasteiger partial charge is 0.293 e. The lowest BCUT2D eigenvalue weighted by molar-refractivity contribution is 0.102. The van der Waals surface area contributed by atoms with Crippen LogP contribution in [0.1, 0.15) is 17.3 Å². The fraction of sp³-hybridized carbons (Fsp3) is 0.182. The van der Waals surface area contributed by atoms with Crippen LogP contribution in [0.5, 0.6) is 0 Å². The van der Waals surface area contributed by atoms with Crippen LogP contribution in [0, 0.1) is 0 Å². The second kappa shape index (κ2) is 3.75. The van der Waals surface area contributed by atoms with E-state index in [1.54, 1.807) is 37.3 Å². The first-order chi connectivity index (χ1) is 7.56. The SMILES string of the molecule is CC=CN1c2ccccc2C(=O)CS1(=O)=O. The van der Waals surface area contributed by atoms with Gasteiger partial charge in [0.2, 0.25) is 10.0 Å². The lowest BCUT2D eigenvalue weighted by atomic mass is 10.1. The summed E-state index contributed by atoms with van der Waals surface area (Å²) in [4.78, 5) is 11.6. The molecule has 0 atom stereocenters. The minimum absolute atomic E-state index is 0.351. The summed E-state index contributed by atoms with van der Waals surface area (Å²) in [7, 11) is -3.55. The Morgan fingerprint density at radius 3 is 2.69 bits per heavy atom. The van der Waals surface area contributed by atoms with Crippen molar-refractivity contribution in [2.75, 3.05) is 10.1 Å². The second-order valence-electron chi connectivity index (χ2n) is 3.47. The molecule has 1 heterocycles. The number of fused-ring (bicyclic) bond motifs is 1. The van der Waals surface area contributed by atoms with Crippen molar-refractivity contribution in [1.29, 1.82) is 0 Å². The van der Waals surface area contributed by atoms with Crippen molar-refractivity contribution in [1.82, 2.24) is 0 Å². The standard InChI is InChI=1S/C11H11NO3S/c1-2-7-12-10-6-4-3-5-9(10)11(13)8-16(12,14)15/h2-7H,8H2,1H3. The molecule has 0 spiro atoms. The van der Waals surface area contributed by atoms with E-state index in [-0.39, 0.29) is 5.78 Å². The van der Waals surface area contributed by atoms with E-state index in [2.05, 4.69) is 0 Å². The molecule has 84 valence electrons. The van der Waals surface area contributed by atoms with E-state index in [0.29, 0.717) is 11.3 Å². The highest BCUT2D eigenvalue weighted by Gasteiger charge is 2.33. The molecule has 0 fully saturated rings. The maximum atomic E-state index is 11.8. The summed E-state index contributed by atoms with van der Waals surface area (Å²) < 4.78 is 24.8. The number of anilines is 1. The highest BCUT2D eigenvalue weighted by Crippen LogP contribution is 2.29. The molecule has 4 nitrogen and oxygen atoms in total. The van der Waals surface area contributed by atoms with Crippen LogP contribution < -0.4 is 4.31 Å². The Labute approximate surface area is 94.2 Å². The maximum Gasteiger partial charge on any atom is 0.246 e. The molecular formula is C11H11NO3S. The Hall–Kier alpha value is -1.62. The molecule has 1 aliphatic rings. The molecule has 0 unspecified atom stereocenters. The molecular weight excluding hydrogens is 226 g/mol. The van der Waals surface area contributed by atoms with E-state index in [1.807, 2.05) is 0 Å². The minimum Gasteiger partial charge on any atom is -0.293 e. The van der Waals surface area contributed by atoms with Gasteiger partial charge in [0.1, 0.15) is 5.75 Å². The number of hydrogen-bond acceptors (Lipinski definition) is 3. The molecule has 5 heteroatoms. The number of carbonyl (C=O) groups is 1. The minimum atomic E-state index is -3.55. The maximum absolute atomic E-state index is 11.8. The van der Waals surface area contributed by atoms with Crippen LogP contribution in [-0.4, -0.2) is 20.0 Å². The Bertz CT molecular complexity index is 560. The zero-order chi connectivity index (χ0) is 11.8. The van der Waals surface area contributed by atoms with Crippen LogP contribution in [0.4, 0.5) is 5.69 Å². The number of nitrogens with zero attached hydrogens (tertiary/aromatic N) is 1. The molecule has 2 rings (SSSR count). The van der Waals surface area contributed by atoms with Crippen LogP contribution in [0.15, 0.2) is 36.5 Å². The van der Waals surface area contributed by atoms with Gasteiger partial charge in [-0.25, -0.2) is 12.7 Å². The van der Waals surface area contributed by atoms with Crippen molar-refractivity contribution in [3.05, 3.63) is 42.1 Å². The number of carbonyl (C=O) groups excluding carboxylic acids is 1. The average Bonchev–Trinajstić information content (AvgIpc) is 2.23. The van der Waals surface area contributed by atoms with Crippen molar-refractivity contribution in [2.45, 2.75) is 6.92 Å². The van der Waals surface area contributed by atoms with E-state index in [4.69, 9.17) is 0 Å². The van der Waals surface area contributed by atoms with Crippen LogP contribution in [0.3, 0.4) is 0 Å². The monoisotopic (exact) mass is 237 g/mol. The number of benzene rings is 1. The molecule has 0 saturated carbocycles. The Kier molecular flexibility index (Phi) is 2.55. The van der Waals surface area contributed by atoms with Crippen LogP contribution in [-0.2, 0) is 10.0 Å². The molecule has 0 saturated heterocycles. The third-order valence-corrected chi connectivity index (χ3v) is 3.88. The third kappa shape index (κ3) is 1.63. The average molecular weight is 237 g/mol. The number of hydrogen-bond donors (Lipinski definition) is 0.